The second kappa shape index (κ2) is 5.94. The Balaban J connectivity index is 1.75. The van der Waals surface area contributed by atoms with Gasteiger partial charge in [-0.2, -0.15) is 14.8 Å². The SMILES string of the molecule is COc1ccc(CN(c2nc(N)nn3c(C#N)cnc23)C2CC2)cc1. The highest BCUT2D eigenvalue weighted by molar-refractivity contribution is 5.67. The first kappa shape index (κ1) is 15.2. The van der Waals surface area contributed by atoms with Gasteiger partial charge in [0.05, 0.1) is 13.3 Å². The monoisotopic (exact) mass is 335 g/mol. The topological polar surface area (TPSA) is 105 Å². The van der Waals surface area contributed by atoms with Crippen molar-refractivity contribution in [3.8, 4) is 11.8 Å². The van der Waals surface area contributed by atoms with Crippen molar-refractivity contribution in [1.29, 1.82) is 5.26 Å². The lowest BCUT2D eigenvalue weighted by Gasteiger charge is -2.24. The molecular weight excluding hydrogens is 318 g/mol. The summed E-state index contributed by atoms with van der Waals surface area (Å²) in [6.07, 6.45) is 3.68. The molecule has 2 aromatic heterocycles. The van der Waals surface area contributed by atoms with Crippen LogP contribution < -0.4 is 15.4 Å². The van der Waals surface area contributed by atoms with Crippen molar-refractivity contribution in [2.45, 2.75) is 25.4 Å². The van der Waals surface area contributed by atoms with Gasteiger partial charge in [-0.1, -0.05) is 12.1 Å². The molecule has 1 aromatic carbocycles. The quantitative estimate of drug-likeness (QED) is 0.757. The summed E-state index contributed by atoms with van der Waals surface area (Å²) < 4.78 is 6.67. The minimum Gasteiger partial charge on any atom is -0.497 e. The Morgan fingerprint density at radius 3 is 2.76 bits per heavy atom. The minimum atomic E-state index is 0.123. The number of hydrogen-bond acceptors (Lipinski definition) is 7. The Morgan fingerprint density at radius 1 is 1.36 bits per heavy atom. The molecule has 2 N–H and O–H groups in total. The van der Waals surface area contributed by atoms with E-state index in [4.69, 9.17) is 10.5 Å². The highest BCUT2D eigenvalue weighted by Crippen LogP contribution is 2.34. The number of anilines is 2. The van der Waals surface area contributed by atoms with Crippen LogP contribution in [0.3, 0.4) is 0 Å². The van der Waals surface area contributed by atoms with E-state index in [9.17, 15) is 5.26 Å². The number of fused-ring (bicyclic) bond motifs is 1. The molecule has 8 nitrogen and oxygen atoms in total. The molecule has 3 aromatic rings. The van der Waals surface area contributed by atoms with Crippen molar-refractivity contribution >= 4 is 17.4 Å². The van der Waals surface area contributed by atoms with E-state index in [0.29, 0.717) is 29.7 Å². The van der Waals surface area contributed by atoms with Gasteiger partial charge in [-0.15, -0.1) is 5.10 Å². The van der Waals surface area contributed by atoms with Crippen LogP contribution in [0.2, 0.25) is 0 Å². The Kier molecular flexibility index (Phi) is 3.61. The van der Waals surface area contributed by atoms with Crippen molar-refractivity contribution in [2.75, 3.05) is 17.7 Å². The van der Waals surface area contributed by atoms with Crippen LogP contribution in [0.4, 0.5) is 11.8 Å². The molecule has 0 atom stereocenters. The van der Waals surface area contributed by atoms with E-state index in [1.165, 1.54) is 10.7 Å². The smallest absolute Gasteiger partial charge is 0.240 e. The molecule has 0 aliphatic heterocycles. The normalized spacial score (nSPS) is 13.6. The summed E-state index contributed by atoms with van der Waals surface area (Å²) in [4.78, 5) is 10.9. The van der Waals surface area contributed by atoms with Gasteiger partial charge in [0.25, 0.3) is 0 Å². The molecule has 0 unspecified atom stereocenters. The first-order valence-electron chi connectivity index (χ1n) is 8.00. The number of aromatic nitrogens is 4. The van der Waals surface area contributed by atoms with Gasteiger partial charge in [0, 0.05) is 12.6 Å². The molecule has 8 heteroatoms. The van der Waals surface area contributed by atoms with Crippen LogP contribution in [0.1, 0.15) is 24.1 Å². The summed E-state index contributed by atoms with van der Waals surface area (Å²) in [6.45, 7) is 0.676. The maximum atomic E-state index is 9.21. The third kappa shape index (κ3) is 2.80. The fourth-order valence-corrected chi connectivity index (χ4v) is 2.84. The van der Waals surface area contributed by atoms with E-state index in [0.717, 1.165) is 24.2 Å². The van der Waals surface area contributed by atoms with Crippen LogP contribution >= 0.6 is 0 Å². The van der Waals surface area contributed by atoms with Gasteiger partial charge >= 0.3 is 0 Å². The number of methoxy groups -OCH3 is 1. The van der Waals surface area contributed by atoms with Gasteiger partial charge in [0.2, 0.25) is 5.95 Å². The molecular formula is C17H17N7O. The van der Waals surface area contributed by atoms with Crippen LogP contribution in [0.15, 0.2) is 30.5 Å². The lowest BCUT2D eigenvalue weighted by Crippen LogP contribution is -2.27. The van der Waals surface area contributed by atoms with Crippen LogP contribution in [0.25, 0.3) is 5.65 Å². The maximum Gasteiger partial charge on any atom is 0.240 e. The number of nitrogens with two attached hydrogens (primary N) is 1. The molecule has 1 aliphatic rings. The standard InChI is InChI=1S/C17H17N7O/c1-25-14-6-2-11(3-7-14)10-23(12-4-5-12)16-15-20-9-13(8-18)24(15)22-17(19)21-16/h2-3,6-7,9,12H,4-5,10H2,1H3,(H2,19,22). The number of nitrogen functional groups attached to an aromatic ring is 1. The molecule has 1 aliphatic carbocycles. The lowest BCUT2D eigenvalue weighted by atomic mass is 10.2. The van der Waals surface area contributed by atoms with E-state index < -0.39 is 0 Å². The molecule has 2 heterocycles. The maximum absolute atomic E-state index is 9.21. The van der Waals surface area contributed by atoms with Gasteiger partial charge < -0.3 is 15.4 Å². The van der Waals surface area contributed by atoms with Crippen LogP contribution in [-0.2, 0) is 6.54 Å². The molecule has 0 saturated heterocycles. The van der Waals surface area contributed by atoms with Crippen LogP contribution in [0.5, 0.6) is 5.75 Å². The van der Waals surface area contributed by atoms with Crippen LogP contribution in [0, 0.1) is 11.3 Å². The van der Waals surface area contributed by atoms with E-state index in [-0.39, 0.29) is 5.95 Å². The Hall–Kier alpha value is -3.34. The number of nitrogens with zero attached hydrogens (tertiary/aromatic N) is 6. The van der Waals surface area contributed by atoms with Gasteiger partial charge in [-0.25, -0.2) is 4.98 Å². The number of nitriles is 1. The molecule has 25 heavy (non-hydrogen) atoms. The van der Waals surface area contributed by atoms with E-state index >= 15 is 0 Å². The molecule has 0 spiro atoms. The Labute approximate surface area is 144 Å². The Bertz CT molecular complexity index is 954. The first-order chi connectivity index (χ1) is 12.2. The molecule has 0 amide bonds. The lowest BCUT2D eigenvalue weighted by molar-refractivity contribution is 0.414. The fourth-order valence-electron chi connectivity index (χ4n) is 2.84. The number of ether oxygens (including phenoxy) is 1. The van der Waals surface area contributed by atoms with Crippen molar-refractivity contribution in [3.63, 3.8) is 0 Å². The third-order valence-corrected chi connectivity index (χ3v) is 4.25. The number of hydrogen-bond donors (Lipinski definition) is 1. The molecule has 4 rings (SSSR count). The average Bonchev–Trinajstić information content (AvgIpc) is 3.39. The second-order valence-corrected chi connectivity index (χ2v) is 5.99. The molecule has 0 bridgehead atoms. The summed E-state index contributed by atoms with van der Waals surface area (Å²) in [6, 6.07) is 10.4. The predicted octanol–water partition coefficient (Wildman–Crippen LogP) is 1.76. The Morgan fingerprint density at radius 2 is 2.12 bits per heavy atom. The summed E-state index contributed by atoms with van der Waals surface area (Å²) in [5.74, 6) is 1.60. The van der Waals surface area contributed by atoms with Gasteiger partial charge in [-0.3, -0.25) is 0 Å². The summed E-state index contributed by atoms with van der Waals surface area (Å²) in [5.41, 5.74) is 7.89. The summed E-state index contributed by atoms with van der Waals surface area (Å²) in [5, 5.41) is 13.3. The second-order valence-electron chi connectivity index (χ2n) is 5.99. The molecule has 1 fully saturated rings. The van der Waals surface area contributed by atoms with E-state index in [2.05, 4.69) is 26.0 Å². The third-order valence-electron chi connectivity index (χ3n) is 4.25. The van der Waals surface area contributed by atoms with Gasteiger partial charge in [-0.05, 0) is 30.5 Å². The zero-order valence-corrected chi connectivity index (χ0v) is 13.8. The first-order valence-corrected chi connectivity index (χ1v) is 8.00. The van der Waals surface area contributed by atoms with Crippen LogP contribution in [-0.4, -0.2) is 32.7 Å². The highest BCUT2D eigenvalue weighted by atomic mass is 16.5. The largest absolute Gasteiger partial charge is 0.497 e. The highest BCUT2D eigenvalue weighted by Gasteiger charge is 2.32. The minimum absolute atomic E-state index is 0.123. The zero-order chi connectivity index (χ0) is 17.4. The molecule has 1 saturated carbocycles. The van der Waals surface area contributed by atoms with Crippen molar-refractivity contribution < 1.29 is 4.74 Å². The van der Waals surface area contributed by atoms with Crippen molar-refractivity contribution in [2.24, 2.45) is 0 Å². The summed E-state index contributed by atoms with van der Waals surface area (Å²) >= 11 is 0. The van der Waals surface area contributed by atoms with E-state index in [1.54, 1.807) is 7.11 Å². The summed E-state index contributed by atoms with van der Waals surface area (Å²) in [7, 11) is 1.65. The number of imidazole rings is 1. The van der Waals surface area contributed by atoms with Crippen molar-refractivity contribution in [3.05, 3.63) is 41.7 Å². The molecule has 0 radical (unpaired) electrons. The molecule has 126 valence electrons. The zero-order valence-electron chi connectivity index (χ0n) is 13.8. The number of rotatable bonds is 5. The fraction of sp³-hybridized carbons (Fsp3) is 0.294. The predicted molar refractivity (Wildman–Crippen MR) is 92.1 cm³/mol. The van der Waals surface area contributed by atoms with E-state index in [1.807, 2.05) is 24.3 Å². The van der Waals surface area contributed by atoms with Gasteiger partial charge in [0.1, 0.15) is 11.8 Å². The van der Waals surface area contributed by atoms with Crippen molar-refractivity contribution in [1.82, 2.24) is 19.6 Å². The average molecular weight is 335 g/mol. The number of benzene rings is 1. The van der Waals surface area contributed by atoms with Gasteiger partial charge in [0.15, 0.2) is 17.2 Å².